The van der Waals surface area contributed by atoms with Gasteiger partial charge in [-0.15, -0.1) is 0 Å². The molecule has 0 bridgehead atoms. The average Bonchev–Trinajstić information content (AvgIpc) is 2.37. The Bertz CT molecular complexity index is 623. The minimum Gasteiger partial charge on any atom is -0.397 e. The molecule has 3 nitrogen and oxygen atoms in total. The number of hydrogen-bond donors (Lipinski definition) is 2. The van der Waals surface area contributed by atoms with Crippen LogP contribution in [-0.2, 0) is 0 Å². The molecule has 2 aromatic rings. The van der Waals surface area contributed by atoms with Crippen molar-refractivity contribution < 1.29 is 9.18 Å². The molecule has 98 valence electrons. The van der Waals surface area contributed by atoms with E-state index >= 15 is 0 Å². The highest BCUT2D eigenvalue weighted by Crippen LogP contribution is 2.28. The van der Waals surface area contributed by atoms with Gasteiger partial charge in [-0.25, -0.2) is 4.39 Å². The predicted molar refractivity (Wildman–Crippen MR) is 75.0 cm³/mol. The summed E-state index contributed by atoms with van der Waals surface area (Å²) in [5, 5.41) is 2.91. The number of anilines is 2. The van der Waals surface area contributed by atoms with Crippen molar-refractivity contribution in [2.75, 3.05) is 11.1 Å². The second-order valence-electron chi connectivity index (χ2n) is 4.12. The van der Waals surface area contributed by atoms with Crippen LogP contribution >= 0.6 is 11.6 Å². The summed E-state index contributed by atoms with van der Waals surface area (Å²) in [5.41, 5.74) is 7.10. The highest BCUT2D eigenvalue weighted by Gasteiger charge is 2.12. The van der Waals surface area contributed by atoms with Gasteiger partial charge in [0, 0.05) is 5.56 Å². The van der Waals surface area contributed by atoms with Gasteiger partial charge in [0.05, 0.1) is 16.4 Å². The summed E-state index contributed by atoms with van der Waals surface area (Å²) in [4.78, 5) is 12.0. The molecule has 0 saturated carbocycles. The maximum Gasteiger partial charge on any atom is 0.255 e. The van der Waals surface area contributed by atoms with E-state index in [4.69, 9.17) is 17.3 Å². The maximum atomic E-state index is 13.4. The van der Waals surface area contributed by atoms with Crippen LogP contribution in [0.25, 0.3) is 0 Å². The first-order valence-electron chi connectivity index (χ1n) is 5.60. The molecule has 2 rings (SSSR count). The van der Waals surface area contributed by atoms with E-state index in [0.717, 1.165) is 0 Å². The van der Waals surface area contributed by atoms with Crippen molar-refractivity contribution in [2.24, 2.45) is 0 Å². The number of rotatable bonds is 2. The Balaban J connectivity index is 2.28. The second-order valence-corrected chi connectivity index (χ2v) is 4.53. The molecule has 0 radical (unpaired) electrons. The van der Waals surface area contributed by atoms with E-state index in [1.165, 1.54) is 6.07 Å². The molecule has 0 saturated heterocycles. The lowest BCUT2D eigenvalue weighted by molar-refractivity contribution is 0.102. The normalized spacial score (nSPS) is 10.3. The highest BCUT2D eigenvalue weighted by atomic mass is 35.5. The van der Waals surface area contributed by atoms with Gasteiger partial charge in [0.1, 0.15) is 5.82 Å². The predicted octanol–water partition coefficient (Wildman–Crippen LogP) is 3.62. The number of amides is 1. The Labute approximate surface area is 115 Å². The number of aryl methyl sites for hydroxylation is 1. The quantitative estimate of drug-likeness (QED) is 0.824. The fourth-order valence-electron chi connectivity index (χ4n) is 1.59. The minimum absolute atomic E-state index is 0.211. The monoisotopic (exact) mass is 278 g/mol. The standard InChI is InChI=1S/C14H12ClFN2O/c1-8-5-6-9(7-11(8)16)14(19)18-13-10(15)3-2-4-12(13)17/h2-7H,17H2,1H3,(H,18,19). The van der Waals surface area contributed by atoms with Crippen molar-refractivity contribution in [3.05, 3.63) is 58.4 Å². The first-order valence-corrected chi connectivity index (χ1v) is 5.98. The van der Waals surface area contributed by atoms with E-state index in [9.17, 15) is 9.18 Å². The molecule has 3 N–H and O–H groups in total. The van der Waals surface area contributed by atoms with Crippen molar-refractivity contribution in [1.29, 1.82) is 0 Å². The summed E-state index contributed by atoms with van der Waals surface area (Å²) in [6.45, 7) is 1.63. The van der Waals surface area contributed by atoms with E-state index in [2.05, 4.69) is 5.32 Å². The summed E-state index contributed by atoms with van der Waals surface area (Å²) in [6.07, 6.45) is 0. The SMILES string of the molecule is Cc1ccc(C(=O)Nc2c(N)cccc2Cl)cc1F. The molecular formula is C14H12ClFN2O. The number of carbonyl (C=O) groups excluding carboxylic acids is 1. The summed E-state index contributed by atoms with van der Waals surface area (Å²) in [5.74, 6) is -0.890. The largest absolute Gasteiger partial charge is 0.397 e. The number of carbonyl (C=O) groups is 1. The maximum absolute atomic E-state index is 13.4. The fourth-order valence-corrected chi connectivity index (χ4v) is 1.82. The Morgan fingerprint density at radius 3 is 2.68 bits per heavy atom. The molecule has 0 spiro atoms. The molecule has 0 heterocycles. The number of hydrogen-bond acceptors (Lipinski definition) is 2. The lowest BCUT2D eigenvalue weighted by Crippen LogP contribution is -2.14. The minimum atomic E-state index is -0.460. The zero-order valence-corrected chi connectivity index (χ0v) is 11.0. The molecule has 0 aromatic heterocycles. The van der Waals surface area contributed by atoms with Crippen LogP contribution in [0.2, 0.25) is 5.02 Å². The second kappa shape index (κ2) is 5.28. The van der Waals surface area contributed by atoms with Gasteiger partial charge in [-0.2, -0.15) is 0 Å². The number of nitrogens with one attached hydrogen (secondary N) is 1. The van der Waals surface area contributed by atoms with E-state index in [0.29, 0.717) is 22.0 Å². The smallest absolute Gasteiger partial charge is 0.255 e. The first-order chi connectivity index (χ1) is 8.99. The molecule has 0 atom stereocenters. The zero-order chi connectivity index (χ0) is 14.0. The Hall–Kier alpha value is -2.07. The average molecular weight is 279 g/mol. The van der Waals surface area contributed by atoms with E-state index < -0.39 is 11.7 Å². The van der Waals surface area contributed by atoms with Crippen LogP contribution in [0.4, 0.5) is 15.8 Å². The van der Waals surface area contributed by atoms with Gasteiger partial charge >= 0.3 is 0 Å². The molecule has 0 aliphatic rings. The molecule has 0 aliphatic heterocycles. The summed E-state index contributed by atoms with van der Waals surface area (Å²) in [6, 6.07) is 9.18. The lowest BCUT2D eigenvalue weighted by Gasteiger charge is -2.10. The van der Waals surface area contributed by atoms with Crippen molar-refractivity contribution in [2.45, 2.75) is 6.92 Å². The Kier molecular flexibility index (Phi) is 3.71. The molecule has 2 aromatic carbocycles. The third-order valence-corrected chi connectivity index (χ3v) is 3.03. The van der Waals surface area contributed by atoms with E-state index in [-0.39, 0.29) is 5.56 Å². The molecule has 19 heavy (non-hydrogen) atoms. The number of benzene rings is 2. The van der Waals surface area contributed by atoms with Gasteiger partial charge in [0.15, 0.2) is 0 Å². The number of halogens is 2. The third-order valence-electron chi connectivity index (χ3n) is 2.72. The molecule has 5 heteroatoms. The number of para-hydroxylation sites is 1. The Morgan fingerprint density at radius 2 is 2.05 bits per heavy atom. The van der Waals surface area contributed by atoms with Gasteiger partial charge in [0.25, 0.3) is 5.91 Å². The van der Waals surface area contributed by atoms with Crippen LogP contribution in [-0.4, -0.2) is 5.91 Å². The van der Waals surface area contributed by atoms with E-state index in [1.807, 2.05) is 0 Å². The van der Waals surface area contributed by atoms with Crippen LogP contribution < -0.4 is 11.1 Å². The van der Waals surface area contributed by atoms with Crippen LogP contribution in [0.15, 0.2) is 36.4 Å². The van der Waals surface area contributed by atoms with E-state index in [1.54, 1.807) is 37.3 Å². The van der Waals surface area contributed by atoms with Crippen LogP contribution in [0.1, 0.15) is 15.9 Å². The van der Waals surface area contributed by atoms with Crippen molar-refractivity contribution >= 4 is 28.9 Å². The van der Waals surface area contributed by atoms with Gasteiger partial charge in [0.2, 0.25) is 0 Å². The first kappa shape index (κ1) is 13.4. The highest BCUT2D eigenvalue weighted by molar-refractivity contribution is 6.34. The molecular weight excluding hydrogens is 267 g/mol. The van der Waals surface area contributed by atoms with Crippen molar-refractivity contribution in [1.82, 2.24) is 0 Å². The van der Waals surface area contributed by atoms with Crippen molar-refractivity contribution in [3.8, 4) is 0 Å². The Morgan fingerprint density at radius 1 is 1.32 bits per heavy atom. The van der Waals surface area contributed by atoms with Gasteiger partial charge < -0.3 is 11.1 Å². The van der Waals surface area contributed by atoms with Gasteiger partial charge in [-0.3, -0.25) is 4.79 Å². The van der Waals surface area contributed by atoms with Crippen LogP contribution in [0.3, 0.4) is 0 Å². The molecule has 0 aliphatic carbocycles. The van der Waals surface area contributed by atoms with Gasteiger partial charge in [-0.05, 0) is 36.8 Å². The summed E-state index contributed by atoms with van der Waals surface area (Å²) >= 11 is 5.95. The van der Waals surface area contributed by atoms with Crippen LogP contribution in [0, 0.1) is 12.7 Å². The fraction of sp³-hybridized carbons (Fsp3) is 0.0714. The number of nitrogen functional groups attached to an aromatic ring is 1. The topological polar surface area (TPSA) is 55.1 Å². The number of nitrogens with two attached hydrogens (primary N) is 1. The third kappa shape index (κ3) is 2.85. The van der Waals surface area contributed by atoms with Gasteiger partial charge in [-0.1, -0.05) is 23.7 Å². The molecule has 1 amide bonds. The molecule has 0 fully saturated rings. The zero-order valence-electron chi connectivity index (χ0n) is 10.2. The van der Waals surface area contributed by atoms with Crippen LogP contribution in [0.5, 0.6) is 0 Å². The molecule has 0 unspecified atom stereocenters. The summed E-state index contributed by atoms with van der Waals surface area (Å²) < 4.78 is 13.4. The van der Waals surface area contributed by atoms with Crippen molar-refractivity contribution in [3.63, 3.8) is 0 Å². The lowest BCUT2D eigenvalue weighted by atomic mass is 10.1. The summed E-state index contributed by atoms with van der Waals surface area (Å²) in [7, 11) is 0.